The molecule has 7 heteroatoms. The number of benzene rings is 2. The summed E-state index contributed by atoms with van der Waals surface area (Å²) in [4.78, 5) is 16.7. The first-order chi connectivity index (χ1) is 11.8. The highest BCUT2D eigenvalue weighted by atomic mass is 32.2. The molecular formula is C18H21N3O3S. The summed E-state index contributed by atoms with van der Waals surface area (Å²) < 4.78 is 28.5. The van der Waals surface area contributed by atoms with Crippen LogP contribution in [0.4, 0.5) is 0 Å². The van der Waals surface area contributed by atoms with Crippen molar-refractivity contribution in [2.75, 3.05) is 0 Å². The number of rotatable bonds is 6. The zero-order valence-electron chi connectivity index (χ0n) is 14.1. The Kier molecular flexibility index (Phi) is 4.78. The lowest BCUT2D eigenvalue weighted by molar-refractivity contribution is 0.472. The lowest BCUT2D eigenvalue weighted by atomic mass is 9.98. The number of aromatic amines is 2. The van der Waals surface area contributed by atoms with Gasteiger partial charge in [0.05, 0.1) is 15.9 Å². The van der Waals surface area contributed by atoms with Crippen molar-refractivity contribution in [2.24, 2.45) is 5.92 Å². The first kappa shape index (κ1) is 17.4. The highest BCUT2D eigenvalue weighted by Crippen LogP contribution is 2.24. The molecule has 1 atom stereocenters. The minimum Gasteiger partial charge on any atom is -0.306 e. The summed E-state index contributed by atoms with van der Waals surface area (Å²) in [5.74, 6) is 0.330. The van der Waals surface area contributed by atoms with Crippen LogP contribution in [0, 0.1) is 5.92 Å². The molecule has 3 aromatic rings. The van der Waals surface area contributed by atoms with E-state index in [1.165, 1.54) is 12.1 Å². The second kappa shape index (κ2) is 6.85. The Balaban J connectivity index is 1.94. The van der Waals surface area contributed by atoms with Gasteiger partial charge < -0.3 is 9.97 Å². The van der Waals surface area contributed by atoms with Crippen LogP contribution < -0.4 is 10.4 Å². The van der Waals surface area contributed by atoms with Crippen LogP contribution in [-0.4, -0.2) is 18.4 Å². The average molecular weight is 359 g/mol. The summed E-state index contributed by atoms with van der Waals surface area (Å²) in [6, 6.07) is 13.8. The first-order valence-electron chi connectivity index (χ1n) is 8.14. The van der Waals surface area contributed by atoms with Crippen molar-refractivity contribution in [3.05, 3.63) is 64.6 Å². The van der Waals surface area contributed by atoms with E-state index in [-0.39, 0.29) is 16.6 Å². The molecular weight excluding hydrogens is 338 g/mol. The third-order valence-electron chi connectivity index (χ3n) is 4.00. The Bertz CT molecular complexity index is 1020. The molecule has 1 aromatic heterocycles. The summed E-state index contributed by atoms with van der Waals surface area (Å²) in [7, 11) is -3.72. The highest BCUT2D eigenvalue weighted by Gasteiger charge is 2.22. The predicted octanol–water partition coefficient (Wildman–Crippen LogP) is 2.92. The van der Waals surface area contributed by atoms with Gasteiger partial charge >= 0.3 is 5.69 Å². The van der Waals surface area contributed by atoms with Crippen molar-refractivity contribution in [1.82, 2.24) is 14.7 Å². The van der Waals surface area contributed by atoms with E-state index >= 15 is 0 Å². The van der Waals surface area contributed by atoms with Gasteiger partial charge in [0.2, 0.25) is 10.0 Å². The van der Waals surface area contributed by atoms with E-state index in [1.54, 1.807) is 6.07 Å². The lowest BCUT2D eigenvalue weighted by Crippen LogP contribution is -2.29. The van der Waals surface area contributed by atoms with Crippen molar-refractivity contribution in [3.8, 4) is 0 Å². The third kappa shape index (κ3) is 4.00. The molecule has 0 fully saturated rings. The highest BCUT2D eigenvalue weighted by molar-refractivity contribution is 7.89. The molecule has 1 heterocycles. The van der Waals surface area contributed by atoms with Crippen LogP contribution in [0.25, 0.3) is 11.0 Å². The van der Waals surface area contributed by atoms with Crippen LogP contribution >= 0.6 is 0 Å². The van der Waals surface area contributed by atoms with E-state index in [0.29, 0.717) is 23.4 Å². The molecule has 0 bridgehead atoms. The van der Waals surface area contributed by atoms with Crippen molar-refractivity contribution in [3.63, 3.8) is 0 Å². The Labute approximate surface area is 146 Å². The van der Waals surface area contributed by atoms with E-state index in [1.807, 2.05) is 30.3 Å². The number of aromatic nitrogens is 2. The fourth-order valence-corrected chi connectivity index (χ4v) is 4.11. The van der Waals surface area contributed by atoms with Crippen LogP contribution in [0.3, 0.4) is 0 Å². The second-order valence-corrected chi connectivity index (χ2v) is 8.21. The van der Waals surface area contributed by atoms with E-state index in [2.05, 4.69) is 28.5 Å². The number of H-pyrrole nitrogens is 2. The molecule has 0 spiro atoms. The van der Waals surface area contributed by atoms with Crippen LogP contribution in [0.1, 0.15) is 31.9 Å². The summed E-state index contributed by atoms with van der Waals surface area (Å²) in [5.41, 5.74) is 1.61. The van der Waals surface area contributed by atoms with Crippen LogP contribution in [-0.2, 0) is 10.0 Å². The minimum absolute atomic E-state index is 0.125. The smallest absolute Gasteiger partial charge is 0.306 e. The van der Waals surface area contributed by atoms with Gasteiger partial charge in [-0.25, -0.2) is 17.9 Å². The predicted molar refractivity (Wildman–Crippen MR) is 97.9 cm³/mol. The SMILES string of the molecule is CC(C)C[C@H](NS(=O)(=O)c1ccc2[nH]c(=O)[nH]c2c1)c1ccccc1. The van der Waals surface area contributed by atoms with Gasteiger partial charge in [-0.3, -0.25) is 0 Å². The molecule has 3 rings (SSSR count). The molecule has 0 saturated carbocycles. The fraction of sp³-hybridized carbons (Fsp3) is 0.278. The molecule has 6 nitrogen and oxygen atoms in total. The molecule has 0 aliphatic heterocycles. The molecule has 25 heavy (non-hydrogen) atoms. The van der Waals surface area contributed by atoms with E-state index < -0.39 is 10.0 Å². The van der Waals surface area contributed by atoms with E-state index in [0.717, 1.165) is 5.56 Å². The molecule has 0 radical (unpaired) electrons. The van der Waals surface area contributed by atoms with Gasteiger partial charge in [0, 0.05) is 6.04 Å². The molecule has 2 aromatic carbocycles. The maximum absolute atomic E-state index is 12.8. The molecule has 0 aliphatic carbocycles. The Morgan fingerprint density at radius 2 is 1.68 bits per heavy atom. The Morgan fingerprint density at radius 3 is 2.36 bits per heavy atom. The molecule has 0 aliphatic rings. The lowest BCUT2D eigenvalue weighted by Gasteiger charge is -2.21. The number of imidazole rings is 1. The number of hydrogen-bond donors (Lipinski definition) is 3. The molecule has 0 unspecified atom stereocenters. The standard InChI is InChI=1S/C18H21N3O3S/c1-12(2)10-16(13-6-4-3-5-7-13)21-25(23,24)14-8-9-15-17(11-14)20-18(22)19-15/h3-9,11-12,16,21H,10H2,1-2H3,(H2,19,20,22)/t16-/m0/s1. The van der Waals surface area contributed by atoms with Gasteiger partial charge in [0.25, 0.3) is 0 Å². The zero-order chi connectivity index (χ0) is 18.0. The third-order valence-corrected chi connectivity index (χ3v) is 5.47. The van der Waals surface area contributed by atoms with Crippen LogP contribution in [0.2, 0.25) is 0 Å². The van der Waals surface area contributed by atoms with Gasteiger partial charge in [-0.15, -0.1) is 0 Å². The largest absolute Gasteiger partial charge is 0.323 e. The van der Waals surface area contributed by atoms with E-state index in [9.17, 15) is 13.2 Å². The van der Waals surface area contributed by atoms with Gasteiger partial charge in [0.15, 0.2) is 0 Å². The van der Waals surface area contributed by atoms with Crippen molar-refractivity contribution < 1.29 is 8.42 Å². The molecule has 132 valence electrons. The summed E-state index contributed by atoms with van der Waals surface area (Å²) in [6.45, 7) is 4.11. The first-order valence-corrected chi connectivity index (χ1v) is 9.63. The fourth-order valence-electron chi connectivity index (χ4n) is 2.84. The van der Waals surface area contributed by atoms with Crippen molar-refractivity contribution in [2.45, 2.75) is 31.2 Å². The van der Waals surface area contributed by atoms with Crippen LogP contribution in [0.5, 0.6) is 0 Å². The van der Waals surface area contributed by atoms with Gasteiger partial charge in [-0.05, 0) is 36.1 Å². The summed E-state index contributed by atoms with van der Waals surface area (Å²) in [5, 5.41) is 0. The molecule has 0 amide bonds. The van der Waals surface area contributed by atoms with Crippen molar-refractivity contribution in [1.29, 1.82) is 0 Å². The summed E-state index contributed by atoms with van der Waals surface area (Å²) >= 11 is 0. The number of nitrogens with one attached hydrogen (secondary N) is 3. The topological polar surface area (TPSA) is 94.8 Å². The van der Waals surface area contributed by atoms with Gasteiger partial charge in [-0.2, -0.15) is 0 Å². The quantitative estimate of drug-likeness (QED) is 0.631. The van der Waals surface area contributed by atoms with Crippen LogP contribution in [0.15, 0.2) is 58.2 Å². The summed E-state index contributed by atoms with van der Waals surface area (Å²) in [6.07, 6.45) is 0.687. The second-order valence-electron chi connectivity index (χ2n) is 6.50. The Hall–Kier alpha value is -2.38. The average Bonchev–Trinajstić information content (AvgIpc) is 2.93. The number of sulfonamides is 1. The van der Waals surface area contributed by atoms with Crippen molar-refractivity contribution >= 4 is 21.1 Å². The number of fused-ring (bicyclic) bond motifs is 1. The van der Waals surface area contributed by atoms with E-state index in [4.69, 9.17) is 0 Å². The molecule has 0 saturated heterocycles. The molecule has 3 N–H and O–H groups in total. The Morgan fingerprint density at radius 1 is 1.00 bits per heavy atom. The maximum atomic E-state index is 12.8. The zero-order valence-corrected chi connectivity index (χ0v) is 14.9. The maximum Gasteiger partial charge on any atom is 0.323 e. The van der Waals surface area contributed by atoms with Gasteiger partial charge in [0.1, 0.15) is 0 Å². The normalized spacial score (nSPS) is 13.4. The monoisotopic (exact) mass is 359 g/mol. The number of hydrogen-bond acceptors (Lipinski definition) is 3. The minimum atomic E-state index is -3.72. The van der Waals surface area contributed by atoms with Gasteiger partial charge in [-0.1, -0.05) is 44.2 Å².